The molecule has 0 saturated carbocycles. The lowest BCUT2D eigenvalue weighted by Crippen LogP contribution is -2.09. The van der Waals surface area contributed by atoms with Crippen molar-refractivity contribution in [1.29, 1.82) is 0 Å². The third-order valence-electron chi connectivity index (χ3n) is 2.38. The van der Waals surface area contributed by atoms with Gasteiger partial charge in [0.15, 0.2) is 5.16 Å². The van der Waals surface area contributed by atoms with Crippen LogP contribution in [0.1, 0.15) is 18.6 Å². The molecule has 0 aliphatic rings. The number of hydrogen-bond acceptors (Lipinski definition) is 5. The lowest BCUT2D eigenvalue weighted by Gasteiger charge is -2.08. The van der Waals surface area contributed by atoms with Crippen LogP contribution >= 0.6 is 23.4 Å². The summed E-state index contributed by atoms with van der Waals surface area (Å²) in [5.74, 6) is 0.156. The minimum Gasteiger partial charge on any atom is -0.389 e. The number of aromatic nitrogens is 2. The number of aliphatic hydroxyl groups excluding tert-OH is 1. The molecule has 0 saturated heterocycles. The van der Waals surface area contributed by atoms with E-state index in [9.17, 15) is 9.90 Å². The minimum absolute atomic E-state index is 0.156. The molecular formula is C12H12ClN3O2S. The maximum atomic E-state index is 11.3. The number of nitrogens with one attached hydrogen (secondary N) is 1. The molecule has 1 heterocycles. The Morgan fingerprint density at radius 2 is 2.21 bits per heavy atom. The summed E-state index contributed by atoms with van der Waals surface area (Å²) in [6, 6.07) is 6.42. The molecule has 0 aliphatic carbocycles. The Bertz CT molecular complexity index is 658. The van der Waals surface area contributed by atoms with Crippen molar-refractivity contribution >= 4 is 29.2 Å². The summed E-state index contributed by atoms with van der Waals surface area (Å²) in [5, 5.41) is 10.3. The molecule has 2 aromatic rings. The average Bonchev–Trinajstić information content (AvgIpc) is 2.30. The van der Waals surface area contributed by atoms with Gasteiger partial charge in [0.25, 0.3) is 5.56 Å². The highest BCUT2D eigenvalue weighted by Crippen LogP contribution is 2.32. The van der Waals surface area contributed by atoms with Crippen LogP contribution < -0.4 is 11.3 Å². The SMILES string of the molecule is CC(O)c1ccc(Sc2nc(N)cc(=O)[nH]2)c(Cl)c1. The Labute approximate surface area is 118 Å². The van der Waals surface area contributed by atoms with Gasteiger partial charge in [-0.2, -0.15) is 0 Å². The van der Waals surface area contributed by atoms with Gasteiger partial charge in [-0.15, -0.1) is 0 Å². The summed E-state index contributed by atoms with van der Waals surface area (Å²) in [7, 11) is 0. The van der Waals surface area contributed by atoms with Gasteiger partial charge < -0.3 is 15.8 Å². The molecule has 0 amide bonds. The van der Waals surface area contributed by atoms with E-state index in [1.807, 2.05) is 0 Å². The van der Waals surface area contributed by atoms with E-state index in [0.29, 0.717) is 10.2 Å². The van der Waals surface area contributed by atoms with Crippen molar-refractivity contribution in [3.05, 3.63) is 45.2 Å². The summed E-state index contributed by atoms with van der Waals surface area (Å²) in [5.41, 5.74) is 5.92. The highest BCUT2D eigenvalue weighted by atomic mass is 35.5. The van der Waals surface area contributed by atoms with Crippen molar-refractivity contribution in [2.24, 2.45) is 0 Å². The molecule has 1 atom stereocenters. The fourth-order valence-corrected chi connectivity index (χ4v) is 2.57. The first-order chi connectivity index (χ1) is 8.95. The topological polar surface area (TPSA) is 92.0 Å². The van der Waals surface area contributed by atoms with Gasteiger partial charge in [-0.05, 0) is 24.6 Å². The van der Waals surface area contributed by atoms with E-state index in [1.54, 1.807) is 25.1 Å². The number of aliphatic hydroxyl groups is 1. The maximum absolute atomic E-state index is 11.3. The normalized spacial score (nSPS) is 12.4. The number of anilines is 1. The molecule has 7 heteroatoms. The van der Waals surface area contributed by atoms with E-state index in [1.165, 1.54) is 17.8 Å². The summed E-state index contributed by atoms with van der Waals surface area (Å²) in [6.07, 6.45) is -0.582. The van der Waals surface area contributed by atoms with Crippen LogP contribution in [0.4, 0.5) is 5.82 Å². The Hall–Kier alpha value is -1.50. The van der Waals surface area contributed by atoms with Crippen LogP contribution in [0.15, 0.2) is 39.1 Å². The van der Waals surface area contributed by atoms with E-state index < -0.39 is 6.10 Å². The van der Waals surface area contributed by atoms with Gasteiger partial charge in [-0.1, -0.05) is 29.4 Å². The molecule has 2 rings (SSSR count). The maximum Gasteiger partial charge on any atom is 0.253 e. The van der Waals surface area contributed by atoms with Gasteiger partial charge >= 0.3 is 0 Å². The van der Waals surface area contributed by atoms with E-state index in [-0.39, 0.29) is 11.4 Å². The van der Waals surface area contributed by atoms with Gasteiger partial charge in [-0.25, -0.2) is 4.98 Å². The molecule has 1 aromatic carbocycles. The fraction of sp³-hybridized carbons (Fsp3) is 0.167. The first-order valence-electron chi connectivity index (χ1n) is 5.48. The number of H-pyrrole nitrogens is 1. The predicted molar refractivity (Wildman–Crippen MR) is 75.5 cm³/mol. The largest absolute Gasteiger partial charge is 0.389 e. The zero-order valence-corrected chi connectivity index (χ0v) is 11.6. The number of aromatic amines is 1. The van der Waals surface area contributed by atoms with Crippen molar-refractivity contribution in [2.75, 3.05) is 5.73 Å². The van der Waals surface area contributed by atoms with Gasteiger partial charge in [0.05, 0.1) is 11.1 Å². The summed E-state index contributed by atoms with van der Waals surface area (Å²) >= 11 is 7.32. The summed E-state index contributed by atoms with van der Waals surface area (Å²) < 4.78 is 0. The standard InChI is InChI=1S/C12H12ClN3O2S/c1-6(17)7-2-3-9(8(13)4-7)19-12-15-10(14)5-11(18)16-12/h2-6,17H,1H3,(H3,14,15,16,18). The molecule has 0 radical (unpaired) electrons. The zero-order valence-electron chi connectivity index (χ0n) is 10.1. The summed E-state index contributed by atoms with van der Waals surface area (Å²) in [6.45, 7) is 1.66. The lowest BCUT2D eigenvalue weighted by atomic mass is 10.1. The number of nitrogen functional groups attached to an aromatic ring is 1. The number of nitrogens with two attached hydrogens (primary N) is 1. The van der Waals surface area contributed by atoms with Crippen molar-refractivity contribution in [3.63, 3.8) is 0 Å². The van der Waals surface area contributed by atoms with Gasteiger partial charge in [0, 0.05) is 11.0 Å². The number of benzene rings is 1. The van der Waals surface area contributed by atoms with Crippen molar-refractivity contribution in [1.82, 2.24) is 9.97 Å². The van der Waals surface area contributed by atoms with Gasteiger partial charge in [0.2, 0.25) is 0 Å². The van der Waals surface area contributed by atoms with E-state index in [4.69, 9.17) is 17.3 Å². The third-order valence-corrected chi connectivity index (χ3v) is 3.77. The fourth-order valence-electron chi connectivity index (χ4n) is 1.47. The number of halogens is 1. The second-order valence-electron chi connectivity index (χ2n) is 3.94. The van der Waals surface area contributed by atoms with Crippen molar-refractivity contribution in [3.8, 4) is 0 Å². The molecule has 0 bridgehead atoms. The van der Waals surface area contributed by atoms with E-state index in [2.05, 4.69) is 9.97 Å². The van der Waals surface area contributed by atoms with Crippen molar-refractivity contribution in [2.45, 2.75) is 23.1 Å². The third kappa shape index (κ3) is 3.50. The minimum atomic E-state index is -0.582. The Morgan fingerprint density at radius 1 is 1.47 bits per heavy atom. The first-order valence-corrected chi connectivity index (χ1v) is 6.67. The molecule has 0 aliphatic heterocycles. The molecule has 4 N–H and O–H groups in total. The Balaban J connectivity index is 2.30. The molecule has 0 fully saturated rings. The Kier molecular flexibility index (Phi) is 4.14. The van der Waals surface area contributed by atoms with Crippen LogP contribution in [0.25, 0.3) is 0 Å². The monoisotopic (exact) mass is 297 g/mol. The highest BCUT2D eigenvalue weighted by Gasteiger charge is 2.09. The molecule has 0 spiro atoms. The second kappa shape index (κ2) is 5.64. The van der Waals surface area contributed by atoms with Crippen LogP contribution in [0.2, 0.25) is 5.02 Å². The van der Waals surface area contributed by atoms with Gasteiger partial charge in [0.1, 0.15) is 5.82 Å². The molecule has 19 heavy (non-hydrogen) atoms. The predicted octanol–water partition coefficient (Wildman–Crippen LogP) is 2.21. The van der Waals surface area contributed by atoms with Crippen LogP contribution in [0.3, 0.4) is 0 Å². The van der Waals surface area contributed by atoms with Crippen LogP contribution in [0.5, 0.6) is 0 Å². The second-order valence-corrected chi connectivity index (χ2v) is 5.38. The Morgan fingerprint density at radius 3 is 2.79 bits per heavy atom. The van der Waals surface area contributed by atoms with E-state index >= 15 is 0 Å². The lowest BCUT2D eigenvalue weighted by molar-refractivity contribution is 0.199. The van der Waals surface area contributed by atoms with Crippen LogP contribution in [0, 0.1) is 0 Å². The first kappa shape index (κ1) is 13.9. The average molecular weight is 298 g/mol. The summed E-state index contributed by atoms with van der Waals surface area (Å²) in [4.78, 5) is 18.6. The number of hydrogen-bond donors (Lipinski definition) is 3. The van der Waals surface area contributed by atoms with E-state index in [0.717, 1.165) is 10.5 Å². The van der Waals surface area contributed by atoms with Crippen LogP contribution in [-0.2, 0) is 0 Å². The molecular weight excluding hydrogens is 286 g/mol. The molecule has 1 aromatic heterocycles. The highest BCUT2D eigenvalue weighted by molar-refractivity contribution is 7.99. The molecule has 100 valence electrons. The zero-order chi connectivity index (χ0) is 14.0. The molecule has 5 nitrogen and oxygen atoms in total. The van der Waals surface area contributed by atoms with Crippen LogP contribution in [-0.4, -0.2) is 15.1 Å². The number of nitrogens with zero attached hydrogens (tertiary/aromatic N) is 1. The number of rotatable bonds is 3. The smallest absolute Gasteiger partial charge is 0.253 e. The van der Waals surface area contributed by atoms with Gasteiger partial charge in [-0.3, -0.25) is 4.79 Å². The van der Waals surface area contributed by atoms with Crippen molar-refractivity contribution < 1.29 is 5.11 Å². The molecule has 1 unspecified atom stereocenters. The quantitative estimate of drug-likeness (QED) is 0.755.